The number of amides is 1. The highest BCUT2D eigenvalue weighted by molar-refractivity contribution is 5.94. The van der Waals surface area contributed by atoms with E-state index in [1.807, 2.05) is 96.1 Å². The summed E-state index contributed by atoms with van der Waals surface area (Å²) in [5.41, 5.74) is 4.60. The number of aryl methyl sites for hydroxylation is 2. The van der Waals surface area contributed by atoms with Gasteiger partial charge in [0.1, 0.15) is 0 Å². The number of nitrogens with zero attached hydrogens (tertiary/aromatic N) is 4. The van der Waals surface area contributed by atoms with E-state index in [0.29, 0.717) is 12.1 Å². The highest BCUT2D eigenvalue weighted by Crippen LogP contribution is 2.17. The second-order valence-corrected chi connectivity index (χ2v) is 7.05. The summed E-state index contributed by atoms with van der Waals surface area (Å²) in [6.07, 6.45) is 3.63. The van der Waals surface area contributed by atoms with Crippen LogP contribution in [0.5, 0.6) is 0 Å². The summed E-state index contributed by atoms with van der Waals surface area (Å²) < 4.78 is 3.70. The predicted molar refractivity (Wildman–Crippen MR) is 112 cm³/mol. The lowest BCUT2D eigenvalue weighted by Gasteiger charge is -2.19. The third-order valence-corrected chi connectivity index (χ3v) is 4.82. The minimum absolute atomic E-state index is 0.120. The van der Waals surface area contributed by atoms with Crippen molar-refractivity contribution in [2.45, 2.75) is 26.4 Å². The summed E-state index contributed by atoms with van der Waals surface area (Å²) in [6, 6.07) is 21.2. The monoisotopic (exact) mass is 385 g/mol. The van der Waals surface area contributed by atoms with Crippen LogP contribution >= 0.6 is 0 Å². The van der Waals surface area contributed by atoms with Gasteiger partial charge in [0.05, 0.1) is 24.0 Å². The average Bonchev–Trinajstić information content (AvgIpc) is 3.37. The van der Waals surface area contributed by atoms with Gasteiger partial charge < -0.3 is 5.32 Å². The van der Waals surface area contributed by atoms with Gasteiger partial charge >= 0.3 is 0 Å². The van der Waals surface area contributed by atoms with Gasteiger partial charge in [-0.2, -0.15) is 10.2 Å². The molecule has 0 saturated carbocycles. The minimum atomic E-state index is -0.181. The Kier molecular flexibility index (Phi) is 5.24. The maximum absolute atomic E-state index is 12.9. The highest BCUT2D eigenvalue weighted by Gasteiger charge is 2.17. The van der Waals surface area contributed by atoms with Gasteiger partial charge in [0.15, 0.2) is 0 Å². The van der Waals surface area contributed by atoms with Crippen LogP contribution in [0.4, 0.5) is 0 Å². The van der Waals surface area contributed by atoms with Crippen molar-refractivity contribution in [1.82, 2.24) is 24.9 Å². The largest absolute Gasteiger partial charge is 0.343 e. The molecule has 2 aromatic heterocycles. The Hall–Kier alpha value is -3.67. The summed E-state index contributed by atoms with van der Waals surface area (Å²) in [4.78, 5) is 12.9. The first kappa shape index (κ1) is 18.7. The number of carbonyl (C=O) groups is 1. The molecule has 6 heteroatoms. The van der Waals surface area contributed by atoms with Crippen molar-refractivity contribution in [2.75, 3.05) is 0 Å². The third-order valence-electron chi connectivity index (χ3n) is 4.82. The Labute approximate surface area is 169 Å². The molecule has 0 bridgehead atoms. The van der Waals surface area contributed by atoms with E-state index in [0.717, 1.165) is 22.6 Å². The van der Waals surface area contributed by atoms with E-state index in [1.165, 1.54) is 0 Å². The zero-order chi connectivity index (χ0) is 20.2. The van der Waals surface area contributed by atoms with Gasteiger partial charge in [-0.25, -0.2) is 4.68 Å². The van der Waals surface area contributed by atoms with Crippen molar-refractivity contribution in [3.8, 4) is 5.69 Å². The molecule has 2 heterocycles. The Bertz CT molecular complexity index is 1080. The molecule has 1 atom stereocenters. The Morgan fingerprint density at radius 2 is 1.79 bits per heavy atom. The summed E-state index contributed by atoms with van der Waals surface area (Å²) >= 11 is 0. The lowest BCUT2D eigenvalue weighted by Crippen LogP contribution is -2.31. The highest BCUT2D eigenvalue weighted by atomic mass is 16.1. The molecule has 2 aromatic carbocycles. The van der Waals surface area contributed by atoms with Gasteiger partial charge in [-0.15, -0.1) is 0 Å². The maximum Gasteiger partial charge on any atom is 0.251 e. The first-order valence-electron chi connectivity index (χ1n) is 9.57. The van der Waals surface area contributed by atoms with Crippen LogP contribution in [0, 0.1) is 13.8 Å². The molecule has 1 N–H and O–H groups in total. The first-order chi connectivity index (χ1) is 14.1. The summed E-state index contributed by atoms with van der Waals surface area (Å²) in [5, 5.41) is 11.9. The quantitative estimate of drug-likeness (QED) is 0.548. The van der Waals surface area contributed by atoms with Gasteiger partial charge in [0.2, 0.25) is 0 Å². The van der Waals surface area contributed by atoms with Crippen molar-refractivity contribution < 1.29 is 4.79 Å². The van der Waals surface area contributed by atoms with E-state index in [4.69, 9.17) is 0 Å². The van der Waals surface area contributed by atoms with E-state index in [1.54, 1.807) is 6.20 Å². The molecule has 0 fully saturated rings. The number of aromatic nitrogens is 4. The van der Waals surface area contributed by atoms with Crippen LogP contribution in [-0.4, -0.2) is 25.5 Å². The second-order valence-electron chi connectivity index (χ2n) is 7.05. The standard InChI is InChI=1S/C23H23N5O/c1-17-15-18(2)28(26-17)21-11-9-20(10-12-21)23(29)25-22(16-27-14-6-13-24-27)19-7-4-3-5-8-19/h3-15,22H,16H2,1-2H3,(H,25,29)/t22-/m1/s1. The minimum Gasteiger partial charge on any atom is -0.343 e. The van der Waals surface area contributed by atoms with Crippen molar-refractivity contribution in [1.29, 1.82) is 0 Å². The van der Waals surface area contributed by atoms with Crippen LogP contribution in [0.1, 0.15) is 33.4 Å². The number of rotatable bonds is 6. The predicted octanol–water partition coefficient (Wildman–Crippen LogP) is 3.86. The van der Waals surface area contributed by atoms with E-state index < -0.39 is 0 Å². The lowest BCUT2D eigenvalue weighted by molar-refractivity contribution is 0.0932. The Morgan fingerprint density at radius 1 is 1.03 bits per heavy atom. The van der Waals surface area contributed by atoms with Crippen LogP contribution in [0.2, 0.25) is 0 Å². The molecule has 0 unspecified atom stereocenters. The number of hydrogen-bond donors (Lipinski definition) is 1. The fraction of sp³-hybridized carbons (Fsp3) is 0.174. The van der Waals surface area contributed by atoms with Crippen molar-refractivity contribution in [2.24, 2.45) is 0 Å². The smallest absolute Gasteiger partial charge is 0.251 e. The summed E-state index contributed by atoms with van der Waals surface area (Å²) in [5.74, 6) is -0.120. The van der Waals surface area contributed by atoms with E-state index >= 15 is 0 Å². The van der Waals surface area contributed by atoms with Crippen LogP contribution in [-0.2, 0) is 6.54 Å². The van der Waals surface area contributed by atoms with Crippen molar-refractivity contribution in [3.05, 3.63) is 102 Å². The number of carbonyl (C=O) groups excluding carboxylic acids is 1. The van der Waals surface area contributed by atoms with E-state index in [2.05, 4.69) is 15.5 Å². The van der Waals surface area contributed by atoms with Crippen LogP contribution < -0.4 is 5.32 Å². The number of benzene rings is 2. The first-order valence-corrected chi connectivity index (χ1v) is 9.57. The molecule has 0 spiro atoms. The van der Waals surface area contributed by atoms with Gasteiger partial charge in [-0.05, 0) is 55.8 Å². The molecular formula is C23H23N5O. The maximum atomic E-state index is 12.9. The Morgan fingerprint density at radius 3 is 2.41 bits per heavy atom. The van der Waals surface area contributed by atoms with Gasteiger partial charge in [0.25, 0.3) is 5.91 Å². The van der Waals surface area contributed by atoms with Gasteiger partial charge in [-0.3, -0.25) is 9.48 Å². The van der Waals surface area contributed by atoms with E-state index in [9.17, 15) is 4.79 Å². The fourth-order valence-electron chi connectivity index (χ4n) is 3.40. The molecule has 0 aliphatic heterocycles. The van der Waals surface area contributed by atoms with Crippen LogP contribution in [0.3, 0.4) is 0 Å². The average molecular weight is 385 g/mol. The molecular weight excluding hydrogens is 362 g/mol. The topological polar surface area (TPSA) is 64.7 Å². The molecule has 4 aromatic rings. The Balaban J connectivity index is 1.53. The normalized spacial score (nSPS) is 11.9. The molecule has 146 valence electrons. The molecule has 1 amide bonds. The molecule has 0 radical (unpaired) electrons. The zero-order valence-corrected chi connectivity index (χ0v) is 16.5. The van der Waals surface area contributed by atoms with E-state index in [-0.39, 0.29) is 11.9 Å². The van der Waals surface area contributed by atoms with Crippen LogP contribution in [0.25, 0.3) is 5.69 Å². The third kappa shape index (κ3) is 4.27. The summed E-state index contributed by atoms with van der Waals surface area (Å²) in [6.45, 7) is 4.54. The molecule has 0 saturated heterocycles. The fourth-order valence-corrected chi connectivity index (χ4v) is 3.40. The summed E-state index contributed by atoms with van der Waals surface area (Å²) in [7, 11) is 0. The molecule has 0 aliphatic carbocycles. The molecule has 6 nitrogen and oxygen atoms in total. The molecule has 0 aliphatic rings. The number of nitrogens with one attached hydrogen (secondary N) is 1. The molecule has 29 heavy (non-hydrogen) atoms. The lowest BCUT2D eigenvalue weighted by atomic mass is 10.1. The zero-order valence-electron chi connectivity index (χ0n) is 16.5. The second kappa shape index (κ2) is 8.14. The number of hydrogen-bond acceptors (Lipinski definition) is 3. The SMILES string of the molecule is Cc1cc(C)n(-c2ccc(C(=O)N[C@H](Cn3cccn3)c3ccccc3)cc2)n1. The van der Waals surface area contributed by atoms with Crippen molar-refractivity contribution in [3.63, 3.8) is 0 Å². The molecule has 4 rings (SSSR count). The van der Waals surface area contributed by atoms with Crippen molar-refractivity contribution >= 4 is 5.91 Å². The van der Waals surface area contributed by atoms with Gasteiger partial charge in [0, 0.05) is 23.7 Å². The van der Waals surface area contributed by atoms with Crippen LogP contribution in [0.15, 0.2) is 79.1 Å². The van der Waals surface area contributed by atoms with Gasteiger partial charge in [-0.1, -0.05) is 30.3 Å².